The molecule has 0 radical (unpaired) electrons. The lowest BCUT2D eigenvalue weighted by Gasteiger charge is -2.23. The van der Waals surface area contributed by atoms with Crippen LogP contribution in [0.15, 0.2) is 74.6 Å². The van der Waals surface area contributed by atoms with Gasteiger partial charge in [-0.15, -0.1) is 0 Å². The molecule has 0 spiro atoms. The quantitative estimate of drug-likeness (QED) is 0.331. The standard InChI is InChI=1S/C25H20BrN3O4/c1-2-3-12-32-17-7-4-6-15(13-17)21-20-22(30)18-14-16(26)8-9-19(18)33-23(20)24(31)29(21)25-27-10-5-11-28-25/h4-11,13-14,21H,2-3,12H2,1H3. The van der Waals surface area contributed by atoms with E-state index in [9.17, 15) is 9.59 Å². The van der Waals surface area contributed by atoms with Crippen molar-refractivity contribution in [3.63, 3.8) is 0 Å². The summed E-state index contributed by atoms with van der Waals surface area (Å²) in [6, 6.07) is 13.5. The van der Waals surface area contributed by atoms with Gasteiger partial charge in [0.1, 0.15) is 11.3 Å². The van der Waals surface area contributed by atoms with Crippen molar-refractivity contribution < 1.29 is 13.9 Å². The molecule has 4 aromatic rings. The first-order valence-corrected chi connectivity index (χ1v) is 11.5. The molecule has 2 aromatic heterocycles. The summed E-state index contributed by atoms with van der Waals surface area (Å²) < 4.78 is 12.6. The second-order valence-electron chi connectivity index (χ2n) is 7.72. The van der Waals surface area contributed by atoms with E-state index < -0.39 is 11.9 Å². The molecule has 8 heteroatoms. The maximum atomic E-state index is 13.6. The van der Waals surface area contributed by atoms with Gasteiger partial charge in [0.25, 0.3) is 5.91 Å². The fourth-order valence-electron chi connectivity index (χ4n) is 3.99. The van der Waals surface area contributed by atoms with Gasteiger partial charge < -0.3 is 9.15 Å². The molecule has 0 N–H and O–H groups in total. The molecule has 0 fully saturated rings. The molecule has 1 amide bonds. The maximum Gasteiger partial charge on any atom is 0.297 e. The van der Waals surface area contributed by atoms with Gasteiger partial charge in [-0.3, -0.25) is 14.5 Å². The highest BCUT2D eigenvalue weighted by Crippen LogP contribution is 2.40. The molecule has 0 saturated heterocycles. The summed E-state index contributed by atoms with van der Waals surface area (Å²) in [7, 11) is 0. The lowest BCUT2D eigenvalue weighted by atomic mass is 9.98. The SMILES string of the molecule is CCCCOc1cccc(C2c3c(oc4ccc(Br)cc4c3=O)C(=O)N2c2ncccn2)c1. The predicted molar refractivity (Wildman–Crippen MR) is 128 cm³/mol. The molecule has 0 bridgehead atoms. The second-order valence-corrected chi connectivity index (χ2v) is 8.63. The van der Waals surface area contributed by atoms with Crippen LogP contribution in [0.1, 0.15) is 47.5 Å². The van der Waals surface area contributed by atoms with Crippen LogP contribution in [0.2, 0.25) is 0 Å². The van der Waals surface area contributed by atoms with E-state index in [1.165, 1.54) is 4.90 Å². The Hall–Kier alpha value is -3.52. The number of hydrogen-bond donors (Lipinski definition) is 0. The van der Waals surface area contributed by atoms with Crippen molar-refractivity contribution in [1.29, 1.82) is 0 Å². The first-order valence-electron chi connectivity index (χ1n) is 10.7. The van der Waals surface area contributed by atoms with Crippen LogP contribution in [0.4, 0.5) is 5.95 Å². The molecule has 5 rings (SSSR count). The minimum atomic E-state index is -0.746. The van der Waals surface area contributed by atoms with Crippen LogP contribution in [0.25, 0.3) is 11.0 Å². The van der Waals surface area contributed by atoms with Gasteiger partial charge in [-0.2, -0.15) is 0 Å². The van der Waals surface area contributed by atoms with E-state index in [4.69, 9.17) is 9.15 Å². The van der Waals surface area contributed by atoms with Crippen LogP contribution in [0.5, 0.6) is 5.75 Å². The highest BCUT2D eigenvalue weighted by Gasteiger charge is 2.45. The highest BCUT2D eigenvalue weighted by atomic mass is 79.9. The van der Waals surface area contributed by atoms with E-state index in [0.29, 0.717) is 28.9 Å². The van der Waals surface area contributed by atoms with Gasteiger partial charge in [0, 0.05) is 16.9 Å². The monoisotopic (exact) mass is 505 g/mol. The minimum Gasteiger partial charge on any atom is -0.494 e. The Balaban J connectivity index is 1.71. The smallest absolute Gasteiger partial charge is 0.297 e. The van der Waals surface area contributed by atoms with E-state index in [1.54, 1.807) is 36.7 Å². The predicted octanol–water partition coefficient (Wildman–Crippen LogP) is 5.27. The number of carbonyl (C=O) groups excluding carboxylic acids is 1. The van der Waals surface area contributed by atoms with Crippen molar-refractivity contribution in [2.24, 2.45) is 0 Å². The fraction of sp³-hybridized carbons (Fsp3) is 0.200. The third-order valence-electron chi connectivity index (χ3n) is 5.54. The summed E-state index contributed by atoms with van der Waals surface area (Å²) in [6.45, 7) is 2.69. The Morgan fingerprint density at radius 2 is 1.91 bits per heavy atom. The molecular formula is C25H20BrN3O4. The average Bonchev–Trinajstić information content (AvgIpc) is 3.13. The molecule has 1 aliphatic heterocycles. The van der Waals surface area contributed by atoms with E-state index in [1.807, 2.05) is 24.3 Å². The average molecular weight is 506 g/mol. The number of halogens is 1. The molecule has 7 nitrogen and oxygen atoms in total. The summed E-state index contributed by atoms with van der Waals surface area (Å²) in [6.07, 6.45) is 5.07. The normalized spacial score (nSPS) is 15.2. The maximum absolute atomic E-state index is 13.6. The van der Waals surface area contributed by atoms with E-state index in [0.717, 1.165) is 17.3 Å². The summed E-state index contributed by atoms with van der Waals surface area (Å²) in [5, 5.41) is 0.395. The minimum absolute atomic E-state index is 0.00424. The summed E-state index contributed by atoms with van der Waals surface area (Å²) in [5.74, 6) is 0.412. The number of anilines is 1. The van der Waals surface area contributed by atoms with Gasteiger partial charge in [0.05, 0.1) is 23.6 Å². The summed E-state index contributed by atoms with van der Waals surface area (Å²) in [4.78, 5) is 37.1. The molecule has 1 atom stereocenters. The number of amides is 1. The number of aromatic nitrogens is 2. The van der Waals surface area contributed by atoms with Crippen molar-refractivity contribution in [2.75, 3.05) is 11.5 Å². The summed E-state index contributed by atoms with van der Waals surface area (Å²) >= 11 is 3.41. The largest absolute Gasteiger partial charge is 0.494 e. The molecule has 1 unspecified atom stereocenters. The number of rotatable bonds is 6. The van der Waals surface area contributed by atoms with Gasteiger partial charge in [-0.25, -0.2) is 9.97 Å². The molecule has 0 saturated carbocycles. The molecule has 166 valence electrons. The number of ether oxygens (including phenoxy) is 1. The zero-order valence-electron chi connectivity index (χ0n) is 17.8. The zero-order valence-corrected chi connectivity index (χ0v) is 19.4. The third-order valence-corrected chi connectivity index (χ3v) is 6.03. The first-order chi connectivity index (χ1) is 16.1. The fourth-order valence-corrected chi connectivity index (χ4v) is 4.35. The Kier molecular flexibility index (Phi) is 5.68. The number of carbonyl (C=O) groups is 1. The topological polar surface area (TPSA) is 85.5 Å². The molecular weight excluding hydrogens is 486 g/mol. The Morgan fingerprint density at radius 1 is 1.09 bits per heavy atom. The third kappa shape index (κ3) is 3.80. The van der Waals surface area contributed by atoms with Gasteiger partial charge in [0.2, 0.25) is 11.7 Å². The van der Waals surface area contributed by atoms with Crippen LogP contribution < -0.4 is 15.1 Å². The van der Waals surface area contributed by atoms with Gasteiger partial charge in [-0.1, -0.05) is 41.4 Å². The van der Waals surface area contributed by atoms with Crippen molar-refractivity contribution in [3.8, 4) is 5.75 Å². The zero-order chi connectivity index (χ0) is 22.9. The van der Waals surface area contributed by atoms with Crippen LogP contribution in [-0.2, 0) is 0 Å². The van der Waals surface area contributed by atoms with Crippen LogP contribution in [-0.4, -0.2) is 22.5 Å². The molecule has 33 heavy (non-hydrogen) atoms. The molecule has 0 aliphatic carbocycles. The molecule has 3 heterocycles. The van der Waals surface area contributed by atoms with Crippen molar-refractivity contribution in [1.82, 2.24) is 9.97 Å². The van der Waals surface area contributed by atoms with Crippen molar-refractivity contribution in [2.45, 2.75) is 25.8 Å². The molecule has 2 aromatic carbocycles. The number of unbranched alkanes of at least 4 members (excludes halogenated alkanes) is 1. The van der Waals surface area contributed by atoms with E-state index in [2.05, 4.69) is 32.8 Å². The number of hydrogen-bond acceptors (Lipinski definition) is 6. The summed E-state index contributed by atoms with van der Waals surface area (Å²) in [5.41, 5.74) is 1.07. The second kappa shape index (κ2) is 8.78. The number of fused-ring (bicyclic) bond motifs is 2. The number of nitrogens with zero attached hydrogens (tertiary/aromatic N) is 3. The van der Waals surface area contributed by atoms with E-state index >= 15 is 0 Å². The first kappa shape index (κ1) is 21.3. The highest BCUT2D eigenvalue weighted by molar-refractivity contribution is 9.10. The van der Waals surface area contributed by atoms with Gasteiger partial charge >= 0.3 is 0 Å². The van der Waals surface area contributed by atoms with Gasteiger partial charge in [0.15, 0.2) is 5.43 Å². The van der Waals surface area contributed by atoms with Crippen molar-refractivity contribution >= 4 is 38.8 Å². The van der Waals surface area contributed by atoms with Crippen molar-refractivity contribution in [3.05, 3.63) is 92.5 Å². The van der Waals surface area contributed by atoms with E-state index in [-0.39, 0.29) is 22.7 Å². The van der Waals surface area contributed by atoms with Gasteiger partial charge in [-0.05, 0) is 48.4 Å². The Morgan fingerprint density at radius 3 is 2.70 bits per heavy atom. The Bertz CT molecular complexity index is 1400. The molecule has 1 aliphatic rings. The lowest BCUT2D eigenvalue weighted by molar-refractivity contribution is 0.0969. The Labute approximate surface area is 198 Å². The van der Waals surface area contributed by atoms with Crippen LogP contribution in [0, 0.1) is 0 Å². The van der Waals surface area contributed by atoms with Crippen LogP contribution in [0.3, 0.4) is 0 Å². The van der Waals surface area contributed by atoms with Crippen LogP contribution >= 0.6 is 15.9 Å². The number of benzene rings is 2. The lowest BCUT2D eigenvalue weighted by Crippen LogP contribution is -2.31.